The van der Waals surface area contributed by atoms with Gasteiger partial charge in [-0.1, -0.05) is 0 Å². The standard InChI is InChI=1S/C15H17N5/c1-19-5-4-11(8-19)14-7-16-15-3-2-12(6-13(14)15)20-9-17-18-10-20/h2-3,6-7,9-11,16H,4-5,8H2,1H3. The van der Waals surface area contributed by atoms with Crippen molar-refractivity contribution < 1.29 is 0 Å². The summed E-state index contributed by atoms with van der Waals surface area (Å²) in [5, 5.41) is 9.07. The van der Waals surface area contributed by atoms with Gasteiger partial charge in [-0.15, -0.1) is 10.2 Å². The lowest BCUT2D eigenvalue weighted by Gasteiger charge is -2.10. The molecule has 5 heteroatoms. The molecule has 20 heavy (non-hydrogen) atoms. The van der Waals surface area contributed by atoms with Crippen LogP contribution in [0.1, 0.15) is 17.9 Å². The van der Waals surface area contributed by atoms with Gasteiger partial charge < -0.3 is 9.88 Å². The zero-order valence-corrected chi connectivity index (χ0v) is 11.5. The Bertz CT molecular complexity index is 728. The summed E-state index contributed by atoms with van der Waals surface area (Å²) in [6.07, 6.45) is 6.87. The van der Waals surface area contributed by atoms with Gasteiger partial charge in [-0.25, -0.2) is 0 Å². The van der Waals surface area contributed by atoms with E-state index in [0.29, 0.717) is 5.92 Å². The molecule has 3 heterocycles. The fourth-order valence-electron chi connectivity index (χ4n) is 3.15. The summed E-state index contributed by atoms with van der Waals surface area (Å²) in [4.78, 5) is 5.79. The first-order chi connectivity index (χ1) is 9.81. The predicted molar refractivity (Wildman–Crippen MR) is 78.1 cm³/mol. The Morgan fingerprint density at radius 1 is 1.25 bits per heavy atom. The first-order valence-corrected chi connectivity index (χ1v) is 6.96. The third-order valence-corrected chi connectivity index (χ3v) is 4.25. The number of hydrogen-bond donors (Lipinski definition) is 1. The Morgan fingerprint density at radius 2 is 2.10 bits per heavy atom. The summed E-state index contributed by atoms with van der Waals surface area (Å²) in [6, 6.07) is 6.45. The van der Waals surface area contributed by atoms with E-state index in [2.05, 4.69) is 51.5 Å². The van der Waals surface area contributed by atoms with Crippen molar-refractivity contribution in [3.05, 3.63) is 42.6 Å². The van der Waals surface area contributed by atoms with Gasteiger partial charge >= 0.3 is 0 Å². The minimum atomic E-state index is 0.630. The summed E-state index contributed by atoms with van der Waals surface area (Å²) in [7, 11) is 2.19. The van der Waals surface area contributed by atoms with E-state index in [1.165, 1.54) is 29.4 Å². The molecule has 0 bridgehead atoms. The lowest BCUT2D eigenvalue weighted by atomic mass is 9.97. The highest BCUT2D eigenvalue weighted by atomic mass is 15.2. The number of nitrogens with one attached hydrogen (secondary N) is 1. The number of rotatable bonds is 2. The van der Waals surface area contributed by atoms with E-state index in [1.54, 1.807) is 12.7 Å². The van der Waals surface area contributed by atoms with Crippen LogP contribution in [0.2, 0.25) is 0 Å². The van der Waals surface area contributed by atoms with Gasteiger partial charge in [0.15, 0.2) is 0 Å². The van der Waals surface area contributed by atoms with Gasteiger partial charge in [0.25, 0.3) is 0 Å². The maximum atomic E-state index is 3.87. The number of benzene rings is 1. The number of H-pyrrole nitrogens is 1. The number of nitrogens with zero attached hydrogens (tertiary/aromatic N) is 4. The van der Waals surface area contributed by atoms with Gasteiger partial charge in [0.1, 0.15) is 12.7 Å². The average molecular weight is 267 g/mol. The van der Waals surface area contributed by atoms with Crippen molar-refractivity contribution in [1.82, 2.24) is 24.6 Å². The van der Waals surface area contributed by atoms with Crippen molar-refractivity contribution in [2.45, 2.75) is 12.3 Å². The van der Waals surface area contributed by atoms with Gasteiger partial charge in [-0.3, -0.25) is 4.57 Å². The highest BCUT2D eigenvalue weighted by molar-refractivity contribution is 5.85. The smallest absolute Gasteiger partial charge is 0.123 e. The highest BCUT2D eigenvalue weighted by Crippen LogP contribution is 2.32. The van der Waals surface area contributed by atoms with Crippen LogP contribution < -0.4 is 0 Å². The third kappa shape index (κ3) is 1.82. The van der Waals surface area contributed by atoms with Crippen LogP contribution in [0.3, 0.4) is 0 Å². The maximum Gasteiger partial charge on any atom is 0.123 e. The van der Waals surface area contributed by atoms with E-state index in [0.717, 1.165) is 12.2 Å². The first kappa shape index (κ1) is 11.7. The van der Waals surface area contributed by atoms with E-state index in [4.69, 9.17) is 0 Å². The fourth-order valence-corrected chi connectivity index (χ4v) is 3.15. The quantitative estimate of drug-likeness (QED) is 0.774. The van der Waals surface area contributed by atoms with Crippen molar-refractivity contribution in [3.63, 3.8) is 0 Å². The molecule has 0 spiro atoms. The Balaban J connectivity index is 1.80. The Hall–Kier alpha value is -2.14. The number of aromatic amines is 1. The van der Waals surface area contributed by atoms with Gasteiger partial charge in [0, 0.05) is 29.3 Å². The second kappa shape index (κ2) is 4.45. The summed E-state index contributed by atoms with van der Waals surface area (Å²) in [6.45, 7) is 2.33. The number of likely N-dealkylation sites (tertiary alicyclic amines) is 1. The fraction of sp³-hybridized carbons (Fsp3) is 0.333. The molecule has 0 saturated carbocycles. The Kier molecular flexibility index (Phi) is 2.60. The van der Waals surface area contributed by atoms with Gasteiger partial charge in [-0.05, 0) is 49.7 Å². The molecule has 0 aliphatic carbocycles. The van der Waals surface area contributed by atoms with Crippen molar-refractivity contribution in [2.75, 3.05) is 20.1 Å². The summed E-state index contributed by atoms with van der Waals surface area (Å²) in [5.41, 5.74) is 3.74. The number of likely N-dealkylation sites (N-methyl/N-ethyl adjacent to an activating group) is 1. The molecule has 0 amide bonds. The predicted octanol–water partition coefficient (Wildman–Crippen LogP) is 2.17. The lowest BCUT2D eigenvalue weighted by molar-refractivity contribution is 0.412. The maximum absolute atomic E-state index is 3.87. The van der Waals surface area contributed by atoms with Crippen molar-refractivity contribution in [3.8, 4) is 5.69 Å². The first-order valence-electron chi connectivity index (χ1n) is 6.96. The second-order valence-electron chi connectivity index (χ2n) is 5.59. The lowest BCUT2D eigenvalue weighted by Crippen LogP contribution is -2.13. The molecule has 3 aromatic rings. The molecule has 1 atom stereocenters. The van der Waals surface area contributed by atoms with Crippen LogP contribution >= 0.6 is 0 Å². The van der Waals surface area contributed by atoms with Gasteiger partial charge in [0.2, 0.25) is 0 Å². The van der Waals surface area contributed by atoms with E-state index in [9.17, 15) is 0 Å². The molecule has 1 aliphatic rings. The molecule has 4 rings (SSSR count). The molecular weight excluding hydrogens is 250 g/mol. The molecular formula is C15H17N5. The molecule has 1 aliphatic heterocycles. The molecule has 0 radical (unpaired) electrons. The molecule has 2 aromatic heterocycles. The van der Waals surface area contributed by atoms with Crippen LogP contribution in [0, 0.1) is 0 Å². The van der Waals surface area contributed by atoms with E-state index >= 15 is 0 Å². The van der Waals surface area contributed by atoms with E-state index in [1.807, 2.05) is 4.57 Å². The Labute approximate surface area is 117 Å². The van der Waals surface area contributed by atoms with Crippen molar-refractivity contribution >= 4 is 10.9 Å². The largest absolute Gasteiger partial charge is 0.361 e. The molecule has 1 aromatic carbocycles. The molecule has 1 saturated heterocycles. The summed E-state index contributed by atoms with van der Waals surface area (Å²) in [5.74, 6) is 0.630. The van der Waals surface area contributed by atoms with Crippen LogP contribution in [-0.2, 0) is 0 Å². The third-order valence-electron chi connectivity index (χ3n) is 4.25. The molecule has 1 fully saturated rings. The van der Waals surface area contributed by atoms with Gasteiger partial charge in [0.05, 0.1) is 0 Å². The Morgan fingerprint density at radius 3 is 2.85 bits per heavy atom. The number of fused-ring (bicyclic) bond motifs is 1. The highest BCUT2D eigenvalue weighted by Gasteiger charge is 2.23. The van der Waals surface area contributed by atoms with Crippen LogP contribution in [0.4, 0.5) is 0 Å². The summed E-state index contributed by atoms with van der Waals surface area (Å²) >= 11 is 0. The van der Waals surface area contributed by atoms with Gasteiger partial charge in [-0.2, -0.15) is 0 Å². The van der Waals surface area contributed by atoms with Crippen LogP contribution in [0.5, 0.6) is 0 Å². The summed E-state index contributed by atoms with van der Waals surface area (Å²) < 4.78 is 1.94. The van der Waals surface area contributed by atoms with Crippen molar-refractivity contribution in [2.24, 2.45) is 0 Å². The normalized spacial score (nSPS) is 19.9. The topological polar surface area (TPSA) is 49.7 Å². The van der Waals surface area contributed by atoms with Crippen molar-refractivity contribution in [1.29, 1.82) is 0 Å². The SMILES string of the molecule is CN1CCC(c2c[nH]c3ccc(-n4cnnc4)cc23)C1. The average Bonchev–Trinajstić information content (AvgIpc) is 3.17. The monoisotopic (exact) mass is 267 g/mol. The molecule has 1 unspecified atom stereocenters. The van der Waals surface area contributed by atoms with Crippen LogP contribution in [0.15, 0.2) is 37.1 Å². The minimum absolute atomic E-state index is 0.630. The number of hydrogen-bond acceptors (Lipinski definition) is 3. The zero-order chi connectivity index (χ0) is 13.5. The molecule has 102 valence electrons. The van der Waals surface area contributed by atoms with Crippen LogP contribution in [-0.4, -0.2) is 44.8 Å². The number of aromatic nitrogens is 4. The zero-order valence-electron chi connectivity index (χ0n) is 11.5. The minimum Gasteiger partial charge on any atom is -0.361 e. The second-order valence-corrected chi connectivity index (χ2v) is 5.59. The molecule has 5 nitrogen and oxygen atoms in total. The van der Waals surface area contributed by atoms with E-state index in [-0.39, 0.29) is 0 Å². The molecule has 1 N–H and O–H groups in total. The van der Waals surface area contributed by atoms with Crippen LogP contribution in [0.25, 0.3) is 16.6 Å². The van der Waals surface area contributed by atoms with E-state index < -0.39 is 0 Å².